The van der Waals surface area contributed by atoms with Crippen LogP contribution in [0.1, 0.15) is 25.7 Å². The summed E-state index contributed by atoms with van der Waals surface area (Å²) < 4.78 is 0. The van der Waals surface area contributed by atoms with Crippen LogP contribution in [0.3, 0.4) is 0 Å². The summed E-state index contributed by atoms with van der Waals surface area (Å²) in [5, 5.41) is 2.70. The van der Waals surface area contributed by atoms with Gasteiger partial charge in [0.05, 0.1) is 0 Å². The van der Waals surface area contributed by atoms with Gasteiger partial charge in [-0.05, 0) is 25.7 Å². The maximum atomic E-state index is 11.2. The van der Waals surface area contributed by atoms with E-state index in [1.54, 1.807) is 7.05 Å². The molecular formula is C9H15NO. The first-order chi connectivity index (χ1) is 5.34. The van der Waals surface area contributed by atoms with Gasteiger partial charge in [-0.3, -0.25) is 4.79 Å². The molecule has 1 aliphatic carbocycles. The summed E-state index contributed by atoms with van der Waals surface area (Å²) in [4.78, 5) is 11.2. The van der Waals surface area contributed by atoms with Crippen LogP contribution in [-0.2, 0) is 4.79 Å². The standard InChI is InChI=1S/C9H15NO/c1-10-9(11)8-6-4-2-3-5-7-8/h2-3,8H,4-7H2,1H3,(H,10,11). The molecule has 0 heterocycles. The molecule has 0 spiro atoms. The molecule has 1 rings (SSSR count). The average molecular weight is 153 g/mol. The van der Waals surface area contributed by atoms with Gasteiger partial charge in [-0.1, -0.05) is 12.2 Å². The van der Waals surface area contributed by atoms with E-state index >= 15 is 0 Å². The predicted molar refractivity (Wildman–Crippen MR) is 45.2 cm³/mol. The normalized spacial score (nSPS) is 19.4. The molecular weight excluding hydrogens is 138 g/mol. The number of rotatable bonds is 1. The summed E-state index contributed by atoms with van der Waals surface area (Å²) >= 11 is 0. The molecule has 0 saturated heterocycles. The van der Waals surface area contributed by atoms with E-state index in [1.165, 1.54) is 0 Å². The van der Waals surface area contributed by atoms with Gasteiger partial charge in [0.1, 0.15) is 0 Å². The van der Waals surface area contributed by atoms with Gasteiger partial charge in [-0.25, -0.2) is 0 Å². The minimum absolute atomic E-state index is 0.203. The Hall–Kier alpha value is -0.790. The molecule has 0 aromatic carbocycles. The van der Waals surface area contributed by atoms with Crippen LogP contribution in [0.2, 0.25) is 0 Å². The van der Waals surface area contributed by atoms with Gasteiger partial charge in [-0.2, -0.15) is 0 Å². The van der Waals surface area contributed by atoms with E-state index in [9.17, 15) is 4.79 Å². The number of carbonyl (C=O) groups is 1. The van der Waals surface area contributed by atoms with Crippen molar-refractivity contribution in [3.05, 3.63) is 12.2 Å². The summed E-state index contributed by atoms with van der Waals surface area (Å²) in [5.74, 6) is 0.448. The topological polar surface area (TPSA) is 29.1 Å². The zero-order valence-electron chi connectivity index (χ0n) is 6.97. The van der Waals surface area contributed by atoms with Crippen LogP contribution in [0.4, 0.5) is 0 Å². The highest BCUT2D eigenvalue weighted by molar-refractivity contribution is 5.78. The van der Waals surface area contributed by atoms with Crippen molar-refractivity contribution in [3.8, 4) is 0 Å². The minimum atomic E-state index is 0.203. The third-order valence-electron chi connectivity index (χ3n) is 2.15. The Morgan fingerprint density at radius 2 is 1.91 bits per heavy atom. The fourth-order valence-corrected chi connectivity index (χ4v) is 1.44. The summed E-state index contributed by atoms with van der Waals surface area (Å²) in [7, 11) is 1.71. The second kappa shape index (κ2) is 4.16. The first kappa shape index (κ1) is 8.31. The third-order valence-corrected chi connectivity index (χ3v) is 2.15. The van der Waals surface area contributed by atoms with Crippen LogP contribution in [0.25, 0.3) is 0 Å². The number of allylic oxidation sites excluding steroid dienone is 2. The van der Waals surface area contributed by atoms with Crippen molar-refractivity contribution in [2.24, 2.45) is 5.92 Å². The number of carbonyl (C=O) groups excluding carboxylic acids is 1. The average Bonchev–Trinajstić information content (AvgIpc) is 2.30. The zero-order valence-corrected chi connectivity index (χ0v) is 6.97. The molecule has 0 aliphatic heterocycles. The smallest absolute Gasteiger partial charge is 0.222 e. The fourth-order valence-electron chi connectivity index (χ4n) is 1.44. The minimum Gasteiger partial charge on any atom is -0.359 e. The molecule has 1 N–H and O–H groups in total. The molecule has 0 fully saturated rings. The fraction of sp³-hybridized carbons (Fsp3) is 0.667. The number of hydrogen-bond donors (Lipinski definition) is 1. The summed E-state index contributed by atoms with van der Waals surface area (Å²) in [6.45, 7) is 0. The Kier molecular flexibility index (Phi) is 3.14. The van der Waals surface area contributed by atoms with Crippen LogP contribution < -0.4 is 5.32 Å². The first-order valence-corrected chi connectivity index (χ1v) is 4.21. The number of amides is 1. The molecule has 0 aromatic heterocycles. The van der Waals surface area contributed by atoms with E-state index in [4.69, 9.17) is 0 Å². The van der Waals surface area contributed by atoms with Crippen molar-refractivity contribution in [1.29, 1.82) is 0 Å². The Morgan fingerprint density at radius 1 is 1.36 bits per heavy atom. The molecule has 0 bridgehead atoms. The van der Waals surface area contributed by atoms with E-state index in [2.05, 4.69) is 17.5 Å². The third kappa shape index (κ3) is 2.37. The zero-order chi connectivity index (χ0) is 8.10. The highest BCUT2D eigenvalue weighted by Gasteiger charge is 2.16. The van der Waals surface area contributed by atoms with Crippen LogP contribution >= 0.6 is 0 Å². The molecule has 2 heteroatoms. The van der Waals surface area contributed by atoms with Gasteiger partial charge >= 0.3 is 0 Å². The lowest BCUT2D eigenvalue weighted by atomic mass is 9.99. The van der Waals surface area contributed by atoms with Crippen LogP contribution in [0.5, 0.6) is 0 Å². The van der Waals surface area contributed by atoms with E-state index < -0.39 is 0 Å². The molecule has 1 aliphatic rings. The lowest BCUT2D eigenvalue weighted by Crippen LogP contribution is -2.26. The molecule has 0 saturated carbocycles. The Bertz CT molecular complexity index is 153. The Morgan fingerprint density at radius 3 is 2.36 bits per heavy atom. The van der Waals surface area contributed by atoms with E-state index in [0.717, 1.165) is 25.7 Å². The SMILES string of the molecule is CNC(=O)C1CCC=CCC1. The molecule has 62 valence electrons. The van der Waals surface area contributed by atoms with Crippen molar-refractivity contribution in [3.63, 3.8) is 0 Å². The van der Waals surface area contributed by atoms with Crippen molar-refractivity contribution in [2.45, 2.75) is 25.7 Å². The van der Waals surface area contributed by atoms with Gasteiger partial charge in [-0.15, -0.1) is 0 Å². The van der Waals surface area contributed by atoms with Crippen LogP contribution in [0, 0.1) is 5.92 Å². The molecule has 0 atom stereocenters. The maximum absolute atomic E-state index is 11.2. The molecule has 1 amide bonds. The van der Waals surface area contributed by atoms with Crippen molar-refractivity contribution in [1.82, 2.24) is 5.32 Å². The van der Waals surface area contributed by atoms with Gasteiger partial charge in [0.25, 0.3) is 0 Å². The van der Waals surface area contributed by atoms with Gasteiger partial charge in [0, 0.05) is 13.0 Å². The lowest BCUT2D eigenvalue weighted by Gasteiger charge is -2.10. The maximum Gasteiger partial charge on any atom is 0.222 e. The van der Waals surface area contributed by atoms with Crippen LogP contribution in [-0.4, -0.2) is 13.0 Å². The van der Waals surface area contributed by atoms with E-state index in [-0.39, 0.29) is 11.8 Å². The summed E-state index contributed by atoms with van der Waals surface area (Å²) in [6.07, 6.45) is 8.47. The second-order valence-corrected chi connectivity index (χ2v) is 2.94. The van der Waals surface area contributed by atoms with Crippen molar-refractivity contribution >= 4 is 5.91 Å². The molecule has 0 unspecified atom stereocenters. The molecule has 2 nitrogen and oxygen atoms in total. The molecule has 11 heavy (non-hydrogen) atoms. The quantitative estimate of drug-likeness (QED) is 0.568. The summed E-state index contributed by atoms with van der Waals surface area (Å²) in [6, 6.07) is 0. The van der Waals surface area contributed by atoms with Gasteiger partial charge < -0.3 is 5.32 Å². The van der Waals surface area contributed by atoms with E-state index in [0.29, 0.717) is 0 Å². The highest BCUT2D eigenvalue weighted by Crippen LogP contribution is 2.18. The van der Waals surface area contributed by atoms with E-state index in [1.807, 2.05) is 0 Å². The largest absolute Gasteiger partial charge is 0.359 e. The van der Waals surface area contributed by atoms with Gasteiger partial charge in [0.15, 0.2) is 0 Å². The Balaban J connectivity index is 2.40. The predicted octanol–water partition coefficient (Wildman–Crippen LogP) is 1.48. The molecule has 0 aromatic rings. The second-order valence-electron chi connectivity index (χ2n) is 2.94. The highest BCUT2D eigenvalue weighted by atomic mass is 16.1. The van der Waals surface area contributed by atoms with Crippen molar-refractivity contribution in [2.75, 3.05) is 7.05 Å². The number of hydrogen-bond acceptors (Lipinski definition) is 1. The molecule has 0 radical (unpaired) electrons. The summed E-state index contributed by atoms with van der Waals surface area (Å²) in [5.41, 5.74) is 0. The monoisotopic (exact) mass is 153 g/mol. The lowest BCUT2D eigenvalue weighted by molar-refractivity contribution is -0.124. The van der Waals surface area contributed by atoms with Crippen LogP contribution in [0.15, 0.2) is 12.2 Å². The Labute approximate surface area is 67.7 Å². The van der Waals surface area contributed by atoms with Gasteiger partial charge in [0.2, 0.25) is 5.91 Å². The first-order valence-electron chi connectivity index (χ1n) is 4.21. The van der Waals surface area contributed by atoms with Crippen molar-refractivity contribution < 1.29 is 4.79 Å². The number of nitrogens with one attached hydrogen (secondary N) is 1.